The maximum Gasteiger partial charge on any atom is 0.289 e. The van der Waals surface area contributed by atoms with Crippen LogP contribution < -0.4 is 0 Å². The zero-order valence-corrected chi connectivity index (χ0v) is 15.8. The Bertz CT molecular complexity index is 595. The second kappa shape index (κ2) is 7.72. The summed E-state index contributed by atoms with van der Waals surface area (Å²) in [4.78, 5) is 28.5. The molecule has 0 bridgehead atoms. The molecular formula is C18H25BrN2O3. The predicted molar refractivity (Wildman–Crippen MR) is 94.7 cm³/mol. The maximum absolute atomic E-state index is 12.7. The Morgan fingerprint density at radius 1 is 1.21 bits per heavy atom. The molecule has 1 saturated carbocycles. The minimum absolute atomic E-state index is 0.0598. The molecule has 1 aromatic heterocycles. The summed E-state index contributed by atoms with van der Waals surface area (Å²) in [6.07, 6.45) is 8.57. The van der Waals surface area contributed by atoms with Gasteiger partial charge in [-0.3, -0.25) is 9.59 Å². The quantitative estimate of drug-likeness (QED) is 0.779. The van der Waals surface area contributed by atoms with Crippen LogP contribution in [0.5, 0.6) is 0 Å². The van der Waals surface area contributed by atoms with Crippen molar-refractivity contribution in [2.45, 2.75) is 51.0 Å². The van der Waals surface area contributed by atoms with E-state index in [0.717, 1.165) is 19.4 Å². The normalized spacial score (nSPS) is 21.9. The highest BCUT2D eigenvalue weighted by Gasteiger charge is 2.35. The van der Waals surface area contributed by atoms with E-state index in [1.54, 1.807) is 19.2 Å². The summed E-state index contributed by atoms with van der Waals surface area (Å²) in [5.41, 5.74) is 0. The van der Waals surface area contributed by atoms with Crippen LogP contribution in [-0.4, -0.2) is 47.8 Å². The number of likely N-dealkylation sites (N-methyl/N-ethyl adjacent to an activating group) is 1. The Labute approximate surface area is 151 Å². The third-order valence-corrected chi connectivity index (χ3v) is 5.74. The molecule has 1 aliphatic heterocycles. The van der Waals surface area contributed by atoms with Crippen LogP contribution in [-0.2, 0) is 4.79 Å². The number of hydrogen-bond donors (Lipinski definition) is 0. The number of nitrogens with zero attached hydrogens (tertiary/aromatic N) is 2. The van der Waals surface area contributed by atoms with Gasteiger partial charge in [-0.05, 0) is 59.7 Å². The first-order valence-corrected chi connectivity index (χ1v) is 9.66. The SMILES string of the molecule is CN(CC(=O)N1CCCC1C1CCCCC1)C(=O)c1ccc(Br)o1. The molecule has 1 aliphatic carbocycles. The van der Waals surface area contributed by atoms with Crippen molar-refractivity contribution in [2.24, 2.45) is 5.92 Å². The van der Waals surface area contributed by atoms with Crippen molar-refractivity contribution in [3.05, 3.63) is 22.6 Å². The number of amides is 2. The van der Waals surface area contributed by atoms with E-state index in [1.165, 1.54) is 37.0 Å². The number of rotatable bonds is 4. The average molecular weight is 397 g/mol. The lowest BCUT2D eigenvalue weighted by molar-refractivity contribution is -0.133. The van der Waals surface area contributed by atoms with Crippen molar-refractivity contribution in [3.63, 3.8) is 0 Å². The van der Waals surface area contributed by atoms with Gasteiger partial charge in [0.05, 0.1) is 6.54 Å². The molecule has 6 heteroatoms. The van der Waals surface area contributed by atoms with Crippen LogP contribution in [0.15, 0.2) is 21.2 Å². The monoisotopic (exact) mass is 396 g/mol. The molecule has 2 amide bonds. The van der Waals surface area contributed by atoms with Gasteiger partial charge in [-0.15, -0.1) is 0 Å². The van der Waals surface area contributed by atoms with Gasteiger partial charge < -0.3 is 14.2 Å². The van der Waals surface area contributed by atoms with Crippen molar-refractivity contribution >= 4 is 27.7 Å². The fourth-order valence-corrected chi connectivity index (χ4v) is 4.40. The lowest BCUT2D eigenvalue weighted by atomic mass is 9.83. The molecule has 0 radical (unpaired) electrons. The third-order valence-electron chi connectivity index (χ3n) is 5.32. The number of halogens is 1. The fourth-order valence-electron chi connectivity index (χ4n) is 4.09. The van der Waals surface area contributed by atoms with Gasteiger partial charge in [0.15, 0.2) is 10.4 Å². The largest absolute Gasteiger partial charge is 0.444 e. The van der Waals surface area contributed by atoms with Crippen molar-refractivity contribution < 1.29 is 14.0 Å². The maximum atomic E-state index is 12.7. The molecule has 2 aliphatic rings. The van der Waals surface area contributed by atoms with E-state index in [9.17, 15) is 9.59 Å². The van der Waals surface area contributed by atoms with E-state index in [2.05, 4.69) is 15.9 Å². The summed E-state index contributed by atoms with van der Waals surface area (Å²) in [7, 11) is 1.66. The second-order valence-corrected chi connectivity index (χ2v) is 7.74. The van der Waals surface area contributed by atoms with Gasteiger partial charge in [-0.1, -0.05) is 19.3 Å². The highest BCUT2D eigenvalue weighted by atomic mass is 79.9. The van der Waals surface area contributed by atoms with E-state index in [4.69, 9.17) is 4.42 Å². The molecule has 5 nitrogen and oxygen atoms in total. The van der Waals surface area contributed by atoms with E-state index < -0.39 is 0 Å². The Kier molecular flexibility index (Phi) is 5.64. The first-order valence-electron chi connectivity index (χ1n) is 8.86. The number of hydrogen-bond acceptors (Lipinski definition) is 3. The molecular weight excluding hydrogens is 372 g/mol. The molecule has 24 heavy (non-hydrogen) atoms. The molecule has 132 valence electrons. The van der Waals surface area contributed by atoms with Crippen molar-refractivity contribution in [2.75, 3.05) is 20.1 Å². The summed E-state index contributed by atoms with van der Waals surface area (Å²) in [5.74, 6) is 0.696. The molecule has 1 aromatic rings. The number of furan rings is 1. The first-order chi connectivity index (χ1) is 11.6. The Balaban J connectivity index is 1.59. The molecule has 3 rings (SSSR count). The molecule has 2 heterocycles. The van der Waals surface area contributed by atoms with Gasteiger partial charge in [0.25, 0.3) is 5.91 Å². The zero-order chi connectivity index (χ0) is 17.1. The number of carbonyl (C=O) groups is 2. The van der Waals surface area contributed by atoms with E-state index in [0.29, 0.717) is 16.6 Å². The minimum atomic E-state index is -0.262. The van der Waals surface area contributed by atoms with E-state index in [1.807, 2.05) is 4.90 Å². The minimum Gasteiger partial charge on any atom is -0.444 e. The fraction of sp³-hybridized carbons (Fsp3) is 0.667. The van der Waals surface area contributed by atoms with Crippen LogP contribution >= 0.6 is 15.9 Å². The lowest BCUT2D eigenvalue weighted by Crippen LogP contribution is -2.46. The standard InChI is InChI=1S/C18H25BrN2O3/c1-20(18(23)15-9-10-16(19)24-15)12-17(22)21-11-5-8-14(21)13-6-3-2-4-7-13/h9-10,13-14H,2-8,11-12H2,1H3. The van der Waals surface area contributed by atoms with Crippen LogP contribution in [0.3, 0.4) is 0 Å². The molecule has 1 saturated heterocycles. The highest BCUT2D eigenvalue weighted by Crippen LogP contribution is 2.34. The van der Waals surface area contributed by atoms with Crippen LogP contribution in [0.25, 0.3) is 0 Å². The van der Waals surface area contributed by atoms with Gasteiger partial charge in [0.2, 0.25) is 5.91 Å². The van der Waals surface area contributed by atoms with Gasteiger partial charge in [0.1, 0.15) is 0 Å². The van der Waals surface area contributed by atoms with Gasteiger partial charge >= 0.3 is 0 Å². The third kappa shape index (κ3) is 3.85. The molecule has 2 fully saturated rings. The van der Waals surface area contributed by atoms with Crippen LogP contribution in [0.4, 0.5) is 0 Å². The Morgan fingerprint density at radius 3 is 2.62 bits per heavy atom. The van der Waals surface area contributed by atoms with Gasteiger partial charge in [0, 0.05) is 19.6 Å². The summed E-state index contributed by atoms with van der Waals surface area (Å²) < 4.78 is 5.81. The first kappa shape index (κ1) is 17.5. The van der Waals surface area contributed by atoms with Crippen molar-refractivity contribution in [1.82, 2.24) is 9.80 Å². The van der Waals surface area contributed by atoms with Gasteiger partial charge in [-0.2, -0.15) is 0 Å². The summed E-state index contributed by atoms with van der Waals surface area (Å²) in [6.45, 7) is 0.939. The van der Waals surface area contributed by atoms with Crippen LogP contribution in [0.1, 0.15) is 55.5 Å². The average Bonchev–Trinajstić information content (AvgIpc) is 3.23. The molecule has 1 atom stereocenters. The summed E-state index contributed by atoms with van der Waals surface area (Å²) in [6, 6.07) is 3.68. The molecule has 0 aromatic carbocycles. The topological polar surface area (TPSA) is 53.8 Å². The van der Waals surface area contributed by atoms with Crippen molar-refractivity contribution in [3.8, 4) is 0 Å². The van der Waals surface area contributed by atoms with E-state index in [-0.39, 0.29) is 24.1 Å². The van der Waals surface area contributed by atoms with Crippen LogP contribution in [0, 0.1) is 5.92 Å². The van der Waals surface area contributed by atoms with E-state index >= 15 is 0 Å². The predicted octanol–water partition coefficient (Wildman–Crippen LogP) is 3.69. The molecule has 0 spiro atoms. The highest BCUT2D eigenvalue weighted by molar-refractivity contribution is 9.10. The van der Waals surface area contributed by atoms with Crippen molar-refractivity contribution in [1.29, 1.82) is 0 Å². The Morgan fingerprint density at radius 2 is 1.96 bits per heavy atom. The lowest BCUT2D eigenvalue weighted by Gasteiger charge is -2.34. The second-order valence-electron chi connectivity index (χ2n) is 6.96. The van der Waals surface area contributed by atoms with Crippen LogP contribution in [0.2, 0.25) is 0 Å². The van der Waals surface area contributed by atoms with Gasteiger partial charge in [-0.25, -0.2) is 0 Å². The number of likely N-dealkylation sites (tertiary alicyclic amines) is 1. The molecule has 1 unspecified atom stereocenters. The number of carbonyl (C=O) groups excluding carboxylic acids is 2. The smallest absolute Gasteiger partial charge is 0.289 e. The zero-order valence-electron chi connectivity index (χ0n) is 14.2. The summed E-state index contributed by atoms with van der Waals surface area (Å²) >= 11 is 3.19. The molecule has 0 N–H and O–H groups in total. The Hall–Kier alpha value is -1.30. The summed E-state index contributed by atoms with van der Waals surface area (Å²) in [5, 5.41) is 0.